The zero-order valence-corrected chi connectivity index (χ0v) is 11.1. The molecule has 8 heteroatoms. The normalized spacial score (nSPS) is 12.0. The highest BCUT2D eigenvalue weighted by atomic mass is 16.6. The molecule has 0 aliphatic heterocycles. The minimum Gasteiger partial charge on any atom is -0.436 e. The van der Waals surface area contributed by atoms with Crippen LogP contribution in [0.2, 0.25) is 0 Å². The number of rotatable bonds is 10. The lowest BCUT2D eigenvalue weighted by Gasteiger charge is -2.15. The molecule has 20 heavy (non-hydrogen) atoms. The summed E-state index contributed by atoms with van der Waals surface area (Å²) >= 11 is 0. The Morgan fingerprint density at radius 1 is 1.30 bits per heavy atom. The second-order valence-electron chi connectivity index (χ2n) is 3.69. The number of carbonyl (C=O) groups is 1. The number of hydrogen-bond acceptors (Lipinski definition) is 8. The van der Waals surface area contributed by atoms with Gasteiger partial charge in [-0.05, 0) is 19.3 Å². The maximum Gasteiger partial charge on any atom is 0.350 e. The predicted molar refractivity (Wildman–Crippen MR) is 65.6 cm³/mol. The monoisotopic (exact) mass is 281 g/mol. The van der Waals surface area contributed by atoms with E-state index in [2.05, 4.69) is 14.7 Å². The summed E-state index contributed by atoms with van der Waals surface area (Å²) in [6.45, 7) is 1.97. The van der Waals surface area contributed by atoms with E-state index in [1.165, 1.54) is 18.4 Å². The van der Waals surface area contributed by atoms with Gasteiger partial charge in [0.1, 0.15) is 0 Å². The minimum absolute atomic E-state index is 0.238. The first-order chi connectivity index (χ1) is 9.69. The van der Waals surface area contributed by atoms with Crippen molar-refractivity contribution >= 4 is 18.1 Å². The van der Waals surface area contributed by atoms with Crippen molar-refractivity contribution in [2.24, 2.45) is 9.98 Å². The van der Waals surface area contributed by atoms with Gasteiger partial charge in [0.15, 0.2) is 0 Å². The van der Waals surface area contributed by atoms with E-state index in [-0.39, 0.29) is 6.42 Å². The highest BCUT2D eigenvalue weighted by molar-refractivity contribution is 5.75. The van der Waals surface area contributed by atoms with Crippen molar-refractivity contribution < 1.29 is 23.9 Å². The van der Waals surface area contributed by atoms with E-state index >= 15 is 0 Å². The molecule has 0 heterocycles. The summed E-state index contributed by atoms with van der Waals surface area (Å²) in [4.78, 5) is 38.4. The largest absolute Gasteiger partial charge is 0.436 e. The highest BCUT2D eigenvalue weighted by Crippen LogP contribution is 2.10. The van der Waals surface area contributed by atoms with Crippen molar-refractivity contribution in [3.8, 4) is 6.26 Å². The Morgan fingerprint density at radius 3 is 2.60 bits per heavy atom. The summed E-state index contributed by atoms with van der Waals surface area (Å²) < 4.78 is 9.52. The Hall–Kier alpha value is -2.48. The third kappa shape index (κ3) is 7.77. The summed E-state index contributed by atoms with van der Waals surface area (Å²) in [6.07, 6.45) is 3.77. The first-order valence-electron chi connectivity index (χ1n) is 6.05. The van der Waals surface area contributed by atoms with Crippen LogP contribution in [-0.4, -0.2) is 37.0 Å². The first kappa shape index (κ1) is 17.5. The second-order valence-corrected chi connectivity index (χ2v) is 3.69. The Morgan fingerprint density at radius 2 is 2.05 bits per heavy atom. The van der Waals surface area contributed by atoms with Crippen molar-refractivity contribution in [1.29, 1.82) is 5.26 Å². The van der Waals surface area contributed by atoms with E-state index in [1.807, 2.05) is 0 Å². The Kier molecular flexibility index (Phi) is 10.2. The van der Waals surface area contributed by atoms with Crippen molar-refractivity contribution in [1.82, 2.24) is 0 Å². The van der Waals surface area contributed by atoms with Gasteiger partial charge in [0.25, 0.3) is 6.26 Å². The average molecular weight is 281 g/mol. The summed E-state index contributed by atoms with van der Waals surface area (Å²) in [6, 6.07) is 0. The van der Waals surface area contributed by atoms with Crippen LogP contribution in [0.25, 0.3) is 0 Å². The molecule has 0 amide bonds. The fraction of sp³-hybridized carbons (Fsp3) is 0.667. The molecule has 0 aromatic carbocycles. The van der Waals surface area contributed by atoms with Gasteiger partial charge in [-0.3, -0.25) is 0 Å². The van der Waals surface area contributed by atoms with Crippen LogP contribution in [0.5, 0.6) is 0 Å². The number of aliphatic imine (C=N–C) groups is 2. The van der Waals surface area contributed by atoms with Crippen molar-refractivity contribution in [2.45, 2.75) is 44.9 Å². The number of nitriles is 1. The van der Waals surface area contributed by atoms with Gasteiger partial charge in [-0.15, -0.1) is 0 Å². The molecular formula is C12H15N3O5. The van der Waals surface area contributed by atoms with Crippen molar-refractivity contribution in [3.63, 3.8) is 0 Å². The Bertz CT molecular complexity index is 433. The number of nitrogens with zero attached hydrogens (tertiary/aromatic N) is 3. The topological polar surface area (TPSA) is 118 Å². The van der Waals surface area contributed by atoms with E-state index in [0.717, 1.165) is 0 Å². The van der Waals surface area contributed by atoms with Crippen LogP contribution in [0.15, 0.2) is 9.98 Å². The maximum atomic E-state index is 11.7. The molecule has 0 spiro atoms. The van der Waals surface area contributed by atoms with Crippen LogP contribution in [0.3, 0.4) is 0 Å². The van der Waals surface area contributed by atoms with E-state index in [1.54, 1.807) is 6.92 Å². The fourth-order valence-electron chi connectivity index (χ4n) is 1.32. The van der Waals surface area contributed by atoms with E-state index in [4.69, 9.17) is 10.00 Å². The summed E-state index contributed by atoms with van der Waals surface area (Å²) in [5.74, 6) is -0.767. The lowest BCUT2D eigenvalue weighted by Crippen LogP contribution is -2.28. The SMILES string of the molecule is CCC(N=C=O)OC(=O)C(CCCCN=C=O)OC#N. The molecule has 0 fully saturated rings. The van der Waals surface area contributed by atoms with Crippen LogP contribution < -0.4 is 0 Å². The molecule has 0 aliphatic rings. The van der Waals surface area contributed by atoms with Gasteiger partial charge in [0.05, 0.1) is 6.54 Å². The van der Waals surface area contributed by atoms with Gasteiger partial charge in [-0.2, -0.15) is 10.3 Å². The number of hydrogen-bond donors (Lipinski definition) is 0. The molecule has 2 unspecified atom stereocenters. The molecule has 0 N–H and O–H groups in total. The fourth-order valence-corrected chi connectivity index (χ4v) is 1.32. The summed E-state index contributed by atoms with van der Waals surface area (Å²) in [5.41, 5.74) is 0. The van der Waals surface area contributed by atoms with Crippen LogP contribution >= 0.6 is 0 Å². The molecule has 0 rings (SSSR count). The van der Waals surface area contributed by atoms with Crippen LogP contribution in [0, 0.1) is 11.5 Å². The first-order valence-corrected chi connectivity index (χ1v) is 6.05. The zero-order valence-electron chi connectivity index (χ0n) is 11.1. The molecule has 0 saturated heterocycles. The van der Waals surface area contributed by atoms with Gasteiger partial charge >= 0.3 is 5.97 Å². The second kappa shape index (κ2) is 11.6. The Labute approximate surface area is 116 Å². The molecule has 0 saturated carbocycles. The van der Waals surface area contributed by atoms with Crippen molar-refractivity contribution in [2.75, 3.05) is 6.54 Å². The summed E-state index contributed by atoms with van der Waals surface area (Å²) in [5, 5.41) is 8.49. The predicted octanol–water partition coefficient (Wildman–Crippen LogP) is 0.974. The van der Waals surface area contributed by atoms with Gasteiger partial charge in [0.2, 0.25) is 24.5 Å². The number of unbranched alkanes of at least 4 members (excludes halogenated alkanes) is 1. The van der Waals surface area contributed by atoms with E-state index in [9.17, 15) is 14.4 Å². The molecule has 0 bridgehead atoms. The molecule has 108 valence electrons. The van der Waals surface area contributed by atoms with E-state index < -0.39 is 18.3 Å². The Balaban J connectivity index is 4.34. The molecule has 0 radical (unpaired) electrons. The molecule has 0 aromatic rings. The average Bonchev–Trinajstić information content (AvgIpc) is 2.45. The smallest absolute Gasteiger partial charge is 0.350 e. The van der Waals surface area contributed by atoms with Crippen molar-refractivity contribution in [3.05, 3.63) is 0 Å². The third-order valence-corrected chi connectivity index (χ3v) is 2.31. The van der Waals surface area contributed by atoms with E-state index in [0.29, 0.717) is 25.8 Å². The molecule has 8 nitrogen and oxygen atoms in total. The zero-order chi connectivity index (χ0) is 15.2. The number of esters is 1. The lowest BCUT2D eigenvalue weighted by molar-refractivity contribution is -0.159. The van der Waals surface area contributed by atoms with Crippen LogP contribution in [-0.2, 0) is 23.9 Å². The number of isocyanates is 2. The van der Waals surface area contributed by atoms with Gasteiger partial charge in [0, 0.05) is 6.42 Å². The van der Waals surface area contributed by atoms with Gasteiger partial charge in [-0.1, -0.05) is 6.92 Å². The molecule has 0 aliphatic carbocycles. The lowest BCUT2D eigenvalue weighted by atomic mass is 10.1. The third-order valence-electron chi connectivity index (χ3n) is 2.31. The van der Waals surface area contributed by atoms with Crippen LogP contribution in [0.4, 0.5) is 0 Å². The van der Waals surface area contributed by atoms with Crippen LogP contribution in [0.1, 0.15) is 32.6 Å². The standard InChI is InChI=1S/C12H15N3O5/c1-2-11(15-9-17)20-12(18)10(19-7-13)5-3-4-6-14-8-16/h10-11H,2-6H2,1H3. The molecule has 0 aromatic heterocycles. The number of ether oxygens (including phenoxy) is 2. The quantitative estimate of drug-likeness (QED) is 0.193. The highest BCUT2D eigenvalue weighted by Gasteiger charge is 2.24. The molecule has 2 atom stereocenters. The molecular weight excluding hydrogens is 266 g/mol. The van der Waals surface area contributed by atoms with Gasteiger partial charge < -0.3 is 9.47 Å². The minimum atomic E-state index is -1.06. The van der Waals surface area contributed by atoms with Gasteiger partial charge in [-0.25, -0.2) is 19.4 Å². The number of carbonyl (C=O) groups excluding carboxylic acids is 3. The maximum absolute atomic E-state index is 11.7. The summed E-state index contributed by atoms with van der Waals surface area (Å²) in [7, 11) is 0.